The highest BCUT2D eigenvalue weighted by molar-refractivity contribution is 9.10. The minimum absolute atomic E-state index is 0.0423. The first-order valence-corrected chi connectivity index (χ1v) is 16.7. The normalized spacial score (nSPS) is 29.0. The van der Waals surface area contributed by atoms with E-state index in [0.29, 0.717) is 12.3 Å². The summed E-state index contributed by atoms with van der Waals surface area (Å²) in [5.41, 5.74) is 3.83. The third-order valence-corrected chi connectivity index (χ3v) is 12.6. The van der Waals surface area contributed by atoms with Gasteiger partial charge in [0.2, 0.25) is 11.8 Å². The number of nitrogens with zero attached hydrogens (tertiary/aromatic N) is 1. The number of H-pyrrole nitrogens is 1. The lowest BCUT2D eigenvalue weighted by Crippen LogP contribution is -2.42. The van der Waals surface area contributed by atoms with E-state index in [2.05, 4.69) is 27.0 Å². The average molecular weight is 660 g/mol. The van der Waals surface area contributed by atoms with Crippen molar-refractivity contribution < 1.29 is 14.3 Å². The molecule has 8 rings (SSSR count). The summed E-state index contributed by atoms with van der Waals surface area (Å²) in [6, 6.07) is 23.8. The van der Waals surface area contributed by atoms with Gasteiger partial charge in [-0.1, -0.05) is 75.3 Å². The number of thiazole rings is 1. The zero-order chi connectivity index (χ0) is 28.7. The van der Waals surface area contributed by atoms with Crippen LogP contribution in [0.2, 0.25) is 0 Å². The number of fused-ring (bicyclic) bond motifs is 9. The fraction of sp³-hybridized carbons (Fsp3) is 0.303. The Hall–Kier alpha value is -3.14. The van der Waals surface area contributed by atoms with Crippen LogP contribution in [-0.2, 0) is 16.2 Å². The van der Waals surface area contributed by atoms with Crippen molar-refractivity contribution in [2.24, 2.45) is 29.6 Å². The maximum absolute atomic E-state index is 14.0. The first-order chi connectivity index (χ1) is 20.4. The maximum Gasteiger partial charge on any atom is 0.305 e. The second-order valence-corrected chi connectivity index (χ2v) is 14.9. The molecule has 1 aromatic heterocycles. The SMILES string of the molecule is Cc1ccc(N2C(=O)[C@H]3[C@H]4C[C@@H]([C@@H]3C2=O)[C@H]2[C@H](c3cc(Br)ccc3OCc3ccccc3)c3sc(=O)[nH]c3S[C@H]42)cc1. The minimum atomic E-state index is -0.341. The van der Waals surface area contributed by atoms with E-state index < -0.39 is 0 Å². The van der Waals surface area contributed by atoms with Crippen molar-refractivity contribution in [3.63, 3.8) is 0 Å². The van der Waals surface area contributed by atoms with Crippen molar-refractivity contribution in [3.05, 3.63) is 109 Å². The van der Waals surface area contributed by atoms with Crippen molar-refractivity contribution in [2.75, 3.05) is 4.90 Å². The number of amides is 2. The number of imide groups is 1. The van der Waals surface area contributed by atoms with E-state index in [4.69, 9.17) is 4.74 Å². The quantitative estimate of drug-likeness (QED) is 0.240. The predicted molar refractivity (Wildman–Crippen MR) is 167 cm³/mol. The highest BCUT2D eigenvalue weighted by Gasteiger charge is 2.69. The largest absolute Gasteiger partial charge is 0.489 e. The number of carbonyl (C=O) groups is 2. The van der Waals surface area contributed by atoms with E-state index >= 15 is 0 Å². The van der Waals surface area contributed by atoms with Crippen LogP contribution in [0.3, 0.4) is 0 Å². The number of anilines is 1. The van der Waals surface area contributed by atoms with Gasteiger partial charge in [0.1, 0.15) is 12.4 Å². The molecule has 212 valence electrons. The van der Waals surface area contributed by atoms with Crippen LogP contribution in [0.25, 0.3) is 0 Å². The first kappa shape index (κ1) is 26.5. The molecule has 2 saturated carbocycles. The molecule has 1 N–H and O–H groups in total. The summed E-state index contributed by atoms with van der Waals surface area (Å²) in [6.07, 6.45) is 0.848. The molecule has 42 heavy (non-hydrogen) atoms. The van der Waals surface area contributed by atoms with Gasteiger partial charge in [0.05, 0.1) is 22.5 Å². The van der Waals surface area contributed by atoms with Crippen molar-refractivity contribution in [1.82, 2.24) is 4.98 Å². The van der Waals surface area contributed by atoms with Crippen LogP contribution in [0.1, 0.15) is 33.9 Å². The van der Waals surface area contributed by atoms with Crippen LogP contribution >= 0.6 is 39.0 Å². The molecular formula is C33H27BrN2O4S2. The fourth-order valence-electron chi connectivity index (χ4n) is 7.94. The average Bonchev–Trinajstić information content (AvgIpc) is 3.72. The summed E-state index contributed by atoms with van der Waals surface area (Å²) in [7, 11) is 0. The molecule has 4 aliphatic rings. The number of carbonyl (C=O) groups excluding carboxylic acids is 2. The Bertz CT molecular complexity index is 1790. The van der Waals surface area contributed by atoms with Crippen LogP contribution in [0.4, 0.5) is 5.69 Å². The second-order valence-electron chi connectivity index (χ2n) is 11.8. The van der Waals surface area contributed by atoms with Gasteiger partial charge in [-0.3, -0.25) is 19.3 Å². The summed E-state index contributed by atoms with van der Waals surface area (Å²) in [4.78, 5) is 46.1. The molecule has 3 aromatic carbocycles. The zero-order valence-corrected chi connectivity index (χ0v) is 25.9. The molecule has 7 atom stereocenters. The summed E-state index contributed by atoms with van der Waals surface area (Å²) < 4.78 is 7.38. The molecule has 2 aliphatic heterocycles. The Morgan fingerprint density at radius 1 is 0.952 bits per heavy atom. The van der Waals surface area contributed by atoms with E-state index in [1.165, 1.54) is 16.2 Å². The monoisotopic (exact) mass is 658 g/mol. The lowest BCUT2D eigenvalue weighted by atomic mass is 9.68. The predicted octanol–water partition coefficient (Wildman–Crippen LogP) is 6.76. The Morgan fingerprint density at radius 2 is 1.69 bits per heavy atom. The van der Waals surface area contributed by atoms with Gasteiger partial charge in [-0.15, -0.1) is 11.8 Å². The van der Waals surface area contributed by atoms with Gasteiger partial charge >= 0.3 is 4.87 Å². The lowest BCUT2D eigenvalue weighted by Gasteiger charge is -2.43. The molecule has 2 bridgehead atoms. The topological polar surface area (TPSA) is 79.5 Å². The van der Waals surface area contributed by atoms with Crippen LogP contribution < -0.4 is 14.5 Å². The smallest absolute Gasteiger partial charge is 0.305 e. The minimum Gasteiger partial charge on any atom is -0.489 e. The van der Waals surface area contributed by atoms with Crippen molar-refractivity contribution >= 4 is 56.5 Å². The molecule has 0 radical (unpaired) electrons. The first-order valence-electron chi connectivity index (χ1n) is 14.2. The van der Waals surface area contributed by atoms with Gasteiger partial charge in [0.15, 0.2) is 0 Å². The molecular weight excluding hydrogens is 632 g/mol. The molecule has 2 amide bonds. The third-order valence-electron chi connectivity index (χ3n) is 9.56. The molecule has 0 unspecified atom stereocenters. The number of aromatic nitrogens is 1. The molecule has 1 saturated heterocycles. The van der Waals surface area contributed by atoms with Gasteiger partial charge in [-0.25, -0.2) is 0 Å². The molecule has 2 aliphatic carbocycles. The van der Waals surface area contributed by atoms with Gasteiger partial charge in [0, 0.05) is 26.1 Å². The number of halogens is 1. The van der Waals surface area contributed by atoms with E-state index in [-0.39, 0.29) is 57.4 Å². The van der Waals surface area contributed by atoms with Crippen molar-refractivity contribution in [3.8, 4) is 5.75 Å². The molecule has 6 nitrogen and oxygen atoms in total. The van der Waals surface area contributed by atoms with Crippen LogP contribution in [0.15, 0.2) is 87.1 Å². The standard InChI is InChI=1S/C33H27BrN2O4S2/c1-16-7-10-19(11-8-16)36-31(37)26-21-14-22(27(26)32(36)38)28-25(21)24(29-30(41-28)35-33(39)42-29)20-13-18(34)9-12-23(20)40-15-17-5-3-2-4-6-17/h2-13,21-22,24-28H,14-15H2,1H3,(H,35,39)/t21-,22-,24+,25+,26+,27+,28-/m1/s1. The van der Waals surface area contributed by atoms with E-state index in [0.717, 1.165) is 43.2 Å². The van der Waals surface area contributed by atoms with Crippen molar-refractivity contribution in [1.29, 1.82) is 0 Å². The Balaban J connectivity index is 1.21. The second kappa shape index (κ2) is 9.96. The van der Waals surface area contributed by atoms with Crippen molar-refractivity contribution in [2.45, 2.75) is 36.1 Å². The van der Waals surface area contributed by atoms with Gasteiger partial charge in [0.25, 0.3) is 0 Å². The van der Waals surface area contributed by atoms with Crippen LogP contribution in [0.5, 0.6) is 5.75 Å². The zero-order valence-electron chi connectivity index (χ0n) is 22.7. The van der Waals surface area contributed by atoms with E-state index in [1.54, 1.807) is 11.8 Å². The van der Waals surface area contributed by atoms with Gasteiger partial charge in [-0.2, -0.15) is 0 Å². The number of hydrogen-bond acceptors (Lipinski definition) is 6. The number of nitrogens with one attached hydrogen (secondary N) is 1. The highest BCUT2D eigenvalue weighted by atomic mass is 79.9. The Labute approximate surface area is 259 Å². The summed E-state index contributed by atoms with van der Waals surface area (Å²) in [5.74, 6) is 0.0606. The lowest BCUT2D eigenvalue weighted by molar-refractivity contribution is -0.123. The number of benzene rings is 3. The Morgan fingerprint density at radius 3 is 2.45 bits per heavy atom. The number of ether oxygens (including phenoxy) is 1. The van der Waals surface area contributed by atoms with Crippen LogP contribution in [0, 0.1) is 36.5 Å². The number of hydrogen-bond donors (Lipinski definition) is 1. The third kappa shape index (κ3) is 4.00. The van der Waals surface area contributed by atoms with Gasteiger partial charge < -0.3 is 9.72 Å². The fourth-order valence-corrected chi connectivity index (χ4v) is 11.2. The summed E-state index contributed by atoms with van der Waals surface area (Å²) in [5, 5.41) is 1.01. The van der Waals surface area contributed by atoms with E-state index in [9.17, 15) is 14.4 Å². The number of rotatable bonds is 5. The Kier molecular flexibility index (Phi) is 6.28. The number of aryl methyl sites for hydroxylation is 1. The maximum atomic E-state index is 14.0. The highest BCUT2D eigenvalue weighted by Crippen LogP contribution is 2.69. The number of thioether (sulfide) groups is 1. The molecule has 3 heterocycles. The summed E-state index contributed by atoms with van der Waals surface area (Å²) in [6.45, 7) is 2.42. The molecule has 3 fully saturated rings. The van der Waals surface area contributed by atoms with Gasteiger partial charge in [-0.05, 0) is 67.0 Å². The molecule has 0 spiro atoms. The molecule has 9 heteroatoms. The van der Waals surface area contributed by atoms with E-state index in [1.807, 2.05) is 73.7 Å². The van der Waals surface area contributed by atoms with Crippen LogP contribution in [-0.4, -0.2) is 22.0 Å². The number of aromatic amines is 1. The molecule has 4 aromatic rings. The summed E-state index contributed by atoms with van der Waals surface area (Å²) >= 11 is 6.65.